The summed E-state index contributed by atoms with van der Waals surface area (Å²) in [6.07, 6.45) is 1.77. The maximum atomic E-state index is 12.6. The van der Waals surface area contributed by atoms with E-state index in [4.69, 9.17) is 0 Å². The summed E-state index contributed by atoms with van der Waals surface area (Å²) in [7, 11) is 0. The summed E-state index contributed by atoms with van der Waals surface area (Å²) in [6.45, 7) is 2.05. The van der Waals surface area contributed by atoms with E-state index in [0.29, 0.717) is 24.2 Å². The highest BCUT2D eigenvalue weighted by Crippen LogP contribution is 2.25. The zero-order valence-corrected chi connectivity index (χ0v) is 11.5. The van der Waals surface area contributed by atoms with Crippen molar-refractivity contribution in [2.75, 3.05) is 0 Å². The zero-order chi connectivity index (χ0) is 15.0. The van der Waals surface area contributed by atoms with Crippen LogP contribution in [0.3, 0.4) is 0 Å². The lowest BCUT2D eigenvalue weighted by molar-refractivity contribution is -0.142. The lowest BCUT2D eigenvalue weighted by atomic mass is 9.93. The summed E-state index contributed by atoms with van der Waals surface area (Å²) in [4.78, 5) is 25.5. The number of fused-ring (bicyclic) bond motifs is 1. The fourth-order valence-electron chi connectivity index (χ4n) is 2.68. The van der Waals surface area contributed by atoms with Gasteiger partial charge in [-0.3, -0.25) is 9.89 Å². The number of aliphatic carboxylic acids is 1. The second-order valence-electron chi connectivity index (χ2n) is 5.17. The molecule has 6 heteroatoms. The largest absolute Gasteiger partial charge is 0.480 e. The molecular weight excluding hydrogens is 270 g/mol. The predicted octanol–water partition coefficient (Wildman–Crippen LogP) is 1.37. The normalized spacial score (nSPS) is 17.4. The van der Waals surface area contributed by atoms with Crippen LogP contribution in [0.2, 0.25) is 0 Å². The van der Waals surface area contributed by atoms with Gasteiger partial charge in [0, 0.05) is 18.7 Å². The molecule has 1 aliphatic rings. The molecule has 0 bridgehead atoms. The standard InChI is InChI=1S/C15H15N3O3/c1-9-12(7-16-17-9)14(19)18-8-11-5-3-2-4-10(11)6-13(18)15(20)21/h2-5,7,13H,6,8H2,1H3,(H,16,17)(H,20,21)/t13-/m1/s1. The number of rotatable bonds is 2. The van der Waals surface area contributed by atoms with Crippen molar-refractivity contribution < 1.29 is 14.7 Å². The van der Waals surface area contributed by atoms with Gasteiger partial charge in [0.2, 0.25) is 0 Å². The van der Waals surface area contributed by atoms with Gasteiger partial charge in [0.15, 0.2) is 0 Å². The minimum Gasteiger partial charge on any atom is -0.480 e. The fraction of sp³-hybridized carbons (Fsp3) is 0.267. The van der Waals surface area contributed by atoms with Crippen molar-refractivity contribution >= 4 is 11.9 Å². The first kappa shape index (κ1) is 13.4. The first-order valence-corrected chi connectivity index (χ1v) is 6.68. The second kappa shape index (κ2) is 5.05. The molecule has 0 unspecified atom stereocenters. The number of carbonyl (C=O) groups excluding carboxylic acids is 1. The number of amides is 1. The Hall–Kier alpha value is -2.63. The van der Waals surface area contributed by atoms with E-state index < -0.39 is 12.0 Å². The highest BCUT2D eigenvalue weighted by Gasteiger charge is 2.35. The molecule has 1 atom stereocenters. The molecule has 1 amide bonds. The van der Waals surface area contributed by atoms with E-state index in [2.05, 4.69) is 10.2 Å². The van der Waals surface area contributed by atoms with E-state index >= 15 is 0 Å². The monoisotopic (exact) mass is 285 g/mol. The SMILES string of the molecule is Cc1[nH]ncc1C(=O)N1Cc2ccccc2C[C@@H]1C(=O)O. The molecule has 3 rings (SSSR count). The van der Waals surface area contributed by atoms with Crippen molar-refractivity contribution in [3.63, 3.8) is 0 Å². The summed E-state index contributed by atoms with van der Waals surface area (Å²) >= 11 is 0. The molecule has 0 radical (unpaired) electrons. The highest BCUT2D eigenvalue weighted by atomic mass is 16.4. The third-order valence-electron chi connectivity index (χ3n) is 3.85. The topological polar surface area (TPSA) is 86.3 Å². The van der Waals surface area contributed by atoms with Crippen LogP contribution in [0.15, 0.2) is 30.5 Å². The van der Waals surface area contributed by atoms with Gasteiger partial charge in [-0.05, 0) is 18.1 Å². The molecule has 108 valence electrons. The Labute approximate surface area is 121 Å². The van der Waals surface area contributed by atoms with Crippen molar-refractivity contribution in [1.29, 1.82) is 0 Å². The predicted molar refractivity (Wildman–Crippen MR) is 74.8 cm³/mol. The molecule has 21 heavy (non-hydrogen) atoms. The van der Waals surface area contributed by atoms with Crippen LogP contribution in [-0.4, -0.2) is 38.1 Å². The van der Waals surface area contributed by atoms with Gasteiger partial charge >= 0.3 is 5.97 Å². The number of benzene rings is 1. The number of carbonyl (C=O) groups is 2. The van der Waals surface area contributed by atoms with Crippen molar-refractivity contribution in [3.05, 3.63) is 52.8 Å². The van der Waals surface area contributed by atoms with Gasteiger partial charge in [0.25, 0.3) is 5.91 Å². The minimum absolute atomic E-state index is 0.302. The average molecular weight is 285 g/mol. The van der Waals surface area contributed by atoms with Gasteiger partial charge in [-0.2, -0.15) is 5.10 Å². The van der Waals surface area contributed by atoms with E-state index in [9.17, 15) is 14.7 Å². The van der Waals surface area contributed by atoms with E-state index in [1.165, 1.54) is 11.1 Å². The third-order valence-corrected chi connectivity index (χ3v) is 3.85. The third kappa shape index (κ3) is 2.29. The fourth-order valence-corrected chi connectivity index (χ4v) is 2.68. The van der Waals surface area contributed by atoms with Crippen LogP contribution in [0.4, 0.5) is 0 Å². The van der Waals surface area contributed by atoms with Crippen molar-refractivity contribution in [1.82, 2.24) is 15.1 Å². The summed E-state index contributed by atoms with van der Waals surface area (Å²) in [5.41, 5.74) is 3.03. The molecule has 0 aliphatic carbocycles. The lowest BCUT2D eigenvalue weighted by Gasteiger charge is -2.34. The highest BCUT2D eigenvalue weighted by molar-refractivity contribution is 5.97. The van der Waals surface area contributed by atoms with Crippen molar-refractivity contribution in [3.8, 4) is 0 Å². The maximum absolute atomic E-state index is 12.6. The van der Waals surface area contributed by atoms with Gasteiger partial charge in [0.1, 0.15) is 6.04 Å². The Morgan fingerprint density at radius 2 is 2.05 bits per heavy atom. The number of carboxylic acid groups (broad SMARTS) is 1. The average Bonchev–Trinajstić information content (AvgIpc) is 2.91. The van der Waals surface area contributed by atoms with E-state index in [1.54, 1.807) is 6.92 Å². The number of aryl methyl sites for hydroxylation is 1. The lowest BCUT2D eigenvalue weighted by Crippen LogP contribution is -2.48. The summed E-state index contributed by atoms with van der Waals surface area (Å²) < 4.78 is 0. The molecule has 1 aromatic heterocycles. The molecule has 2 N–H and O–H groups in total. The van der Waals surface area contributed by atoms with Crippen LogP contribution in [0.25, 0.3) is 0 Å². The van der Waals surface area contributed by atoms with Crippen molar-refractivity contribution in [2.24, 2.45) is 0 Å². The van der Waals surface area contributed by atoms with E-state index in [0.717, 1.165) is 11.1 Å². The zero-order valence-electron chi connectivity index (χ0n) is 11.5. The van der Waals surface area contributed by atoms with Crippen LogP contribution in [-0.2, 0) is 17.8 Å². The van der Waals surface area contributed by atoms with Gasteiger partial charge in [-0.15, -0.1) is 0 Å². The molecule has 1 aliphatic heterocycles. The summed E-state index contributed by atoms with van der Waals surface area (Å²) in [6, 6.07) is 6.77. The van der Waals surface area contributed by atoms with E-state index in [1.807, 2.05) is 24.3 Å². The number of hydrogen-bond donors (Lipinski definition) is 2. The van der Waals surface area contributed by atoms with Gasteiger partial charge < -0.3 is 10.0 Å². The molecule has 2 heterocycles. The number of carboxylic acids is 1. The number of hydrogen-bond acceptors (Lipinski definition) is 3. The van der Waals surface area contributed by atoms with Crippen molar-refractivity contribution in [2.45, 2.75) is 25.9 Å². The van der Waals surface area contributed by atoms with Gasteiger partial charge in [-0.25, -0.2) is 4.79 Å². The number of aromatic amines is 1. The van der Waals surface area contributed by atoms with Gasteiger partial charge in [-0.1, -0.05) is 24.3 Å². The molecule has 0 saturated carbocycles. The Morgan fingerprint density at radius 3 is 2.67 bits per heavy atom. The number of aromatic nitrogens is 2. The maximum Gasteiger partial charge on any atom is 0.326 e. The Balaban J connectivity index is 1.98. The van der Waals surface area contributed by atoms with Crippen LogP contribution in [0, 0.1) is 6.92 Å². The molecule has 0 fully saturated rings. The Kier molecular flexibility index (Phi) is 3.21. The first-order valence-electron chi connectivity index (χ1n) is 6.68. The Morgan fingerprint density at radius 1 is 1.33 bits per heavy atom. The molecule has 0 spiro atoms. The molecule has 2 aromatic rings. The molecule has 0 saturated heterocycles. The van der Waals surface area contributed by atoms with E-state index in [-0.39, 0.29) is 5.91 Å². The van der Waals surface area contributed by atoms with Crippen LogP contribution >= 0.6 is 0 Å². The Bertz CT molecular complexity index is 708. The quantitative estimate of drug-likeness (QED) is 0.872. The first-order chi connectivity index (χ1) is 10.1. The number of nitrogens with one attached hydrogen (secondary N) is 1. The van der Waals surface area contributed by atoms with Crippen LogP contribution < -0.4 is 0 Å². The number of H-pyrrole nitrogens is 1. The van der Waals surface area contributed by atoms with Crippen LogP contribution in [0.1, 0.15) is 27.2 Å². The number of nitrogens with zero attached hydrogens (tertiary/aromatic N) is 2. The van der Waals surface area contributed by atoms with Crippen LogP contribution in [0.5, 0.6) is 0 Å². The second-order valence-corrected chi connectivity index (χ2v) is 5.17. The molecule has 1 aromatic carbocycles. The smallest absolute Gasteiger partial charge is 0.326 e. The summed E-state index contributed by atoms with van der Waals surface area (Å²) in [5, 5.41) is 16.0. The molecular formula is C15H15N3O3. The summed E-state index contributed by atoms with van der Waals surface area (Å²) in [5.74, 6) is -1.29. The molecule has 6 nitrogen and oxygen atoms in total. The van der Waals surface area contributed by atoms with Gasteiger partial charge in [0.05, 0.1) is 11.8 Å². The minimum atomic E-state index is -0.987.